The maximum Gasteiger partial charge on any atom is 0.141 e. The molecule has 4 heteroatoms. The number of hydrogen-bond donors (Lipinski definition) is 1. The molecule has 3 nitrogen and oxygen atoms in total. The summed E-state index contributed by atoms with van der Waals surface area (Å²) in [5.41, 5.74) is 2.55. The Labute approximate surface area is 117 Å². The second-order valence-electron chi connectivity index (χ2n) is 4.62. The van der Waals surface area contributed by atoms with Gasteiger partial charge in [-0.05, 0) is 31.4 Å². The molecule has 98 valence electrons. The Morgan fingerprint density at radius 2 is 2.00 bits per heavy atom. The largest absolute Gasteiger partial charge is 0.373 e. The molecule has 1 aromatic carbocycles. The zero-order chi connectivity index (χ0) is 13.1. The maximum atomic E-state index is 4.71. The van der Waals surface area contributed by atoms with Gasteiger partial charge in [0.2, 0.25) is 0 Å². The third-order valence-corrected chi connectivity index (χ3v) is 4.34. The molecular formula is C15H17N3S. The molecule has 0 unspecified atom stereocenters. The number of nitrogens with one attached hydrogen (secondary N) is 1. The minimum Gasteiger partial charge on any atom is -0.373 e. The fourth-order valence-corrected chi connectivity index (χ4v) is 3.19. The van der Waals surface area contributed by atoms with Gasteiger partial charge >= 0.3 is 0 Å². The molecule has 1 aromatic heterocycles. The summed E-state index contributed by atoms with van der Waals surface area (Å²) in [6.45, 7) is 0. The van der Waals surface area contributed by atoms with Gasteiger partial charge in [0.25, 0.3) is 0 Å². The van der Waals surface area contributed by atoms with E-state index in [-0.39, 0.29) is 0 Å². The number of fused-ring (bicyclic) bond motifs is 1. The van der Waals surface area contributed by atoms with Gasteiger partial charge in [-0.15, -0.1) is 11.8 Å². The van der Waals surface area contributed by atoms with Gasteiger partial charge < -0.3 is 5.32 Å². The van der Waals surface area contributed by atoms with E-state index < -0.39 is 0 Å². The van der Waals surface area contributed by atoms with E-state index in [1.807, 2.05) is 13.1 Å². The molecule has 0 amide bonds. The van der Waals surface area contributed by atoms with E-state index in [1.165, 1.54) is 22.6 Å². The molecule has 0 radical (unpaired) electrons. The van der Waals surface area contributed by atoms with Crippen molar-refractivity contribution in [1.82, 2.24) is 9.97 Å². The van der Waals surface area contributed by atoms with Crippen LogP contribution in [-0.2, 0) is 18.6 Å². The average molecular weight is 271 g/mol. The van der Waals surface area contributed by atoms with E-state index in [0.717, 1.165) is 30.2 Å². The van der Waals surface area contributed by atoms with Gasteiger partial charge in [0, 0.05) is 23.2 Å². The number of benzene rings is 1. The summed E-state index contributed by atoms with van der Waals surface area (Å²) in [7, 11) is 1.94. The van der Waals surface area contributed by atoms with Crippen molar-refractivity contribution in [3.63, 3.8) is 0 Å². The number of aromatic nitrogens is 2. The molecule has 0 bridgehead atoms. The number of rotatable bonds is 4. The average Bonchev–Trinajstić information content (AvgIpc) is 2.93. The molecule has 1 N–H and O–H groups in total. The topological polar surface area (TPSA) is 37.8 Å². The van der Waals surface area contributed by atoms with Crippen LogP contribution in [-0.4, -0.2) is 17.0 Å². The summed E-state index contributed by atoms with van der Waals surface area (Å²) in [6, 6.07) is 10.4. The Bertz CT molecular complexity index is 569. The Morgan fingerprint density at radius 1 is 1.16 bits per heavy atom. The number of nitrogens with zero attached hydrogens (tertiary/aromatic N) is 2. The second kappa shape index (κ2) is 5.61. The van der Waals surface area contributed by atoms with Crippen molar-refractivity contribution in [2.24, 2.45) is 0 Å². The van der Waals surface area contributed by atoms with E-state index in [2.05, 4.69) is 34.6 Å². The minimum atomic E-state index is 0.825. The Balaban J connectivity index is 1.78. The molecule has 0 atom stereocenters. The quantitative estimate of drug-likeness (QED) is 0.866. The van der Waals surface area contributed by atoms with Crippen molar-refractivity contribution in [3.8, 4) is 0 Å². The second-order valence-corrected chi connectivity index (χ2v) is 5.67. The van der Waals surface area contributed by atoms with Crippen molar-refractivity contribution < 1.29 is 0 Å². The summed E-state index contributed by atoms with van der Waals surface area (Å²) >= 11 is 1.79. The Morgan fingerprint density at radius 3 is 2.79 bits per heavy atom. The van der Waals surface area contributed by atoms with Gasteiger partial charge in [0.05, 0.1) is 5.75 Å². The standard InChI is InChI=1S/C15H17N3S/c1-16-15-12-8-5-9-13(12)17-14(18-15)10-19-11-6-3-2-4-7-11/h2-4,6-7H,5,8-10H2,1H3,(H,16,17,18). The fraction of sp³-hybridized carbons (Fsp3) is 0.333. The molecule has 19 heavy (non-hydrogen) atoms. The zero-order valence-corrected chi connectivity index (χ0v) is 11.8. The number of aryl methyl sites for hydroxylation is 1. The van der Waals surface area contributed by atoms with E-state index >= 15 is 0 Å². The third kappa shape index (κ3) is 2.73. The van der Waals surface area contributed by atoms with Crippen LogP contribution in [0.5, 0.6) is 0 Å². The normalized spacial score (nSPS) is 13.3. The smallest absolute Gasteiger partial charge is 0.141 e. The van der Waals surface area contributed by atoms with Gasteiger partial charge in [-0.25, -0.2) is 9.97 Å². The summed E-state index contributed by atoms with van der Waals surface area (Å²) < 4.78 is 0. The monoisotopic (exact) mass is 271 g/mol. The van der Waals surface area contributed by atoms with Crippen LogP contribution in [0.1, 0.15) is 23.5 Å². The maximum absolute atomic E-state index is 4.71. The van der Waals surface area contributed by atoms with Crippen molar-refractivity contribution in [1.29, 1.82) is 0 Å². The van der Waals surface area contributed by atoms with Crippen LogP contribution in [0.2, 0.25) is 0 Å². The van der Waals surface area contributed by atoms with E-state index in [0.29, 0.717) is 0 Å². The van der Waals surface area contributed by atoms with E-state index in [4.69, 9.17) is 4.98 Å². The van der Waals surface area contributed by atoms with E-state index in [1.54, 1.807) is 11.8 Å². The SMILES string of the molecule is CNc1nc(CSc2ccccc2)nc2c1CCC2. The minimum absolute atomic E-state index is 0.825. The molecule has 2 aromatic rings. The van der Waals surface area contributed by atoms with E-state index in [9.17, 15) is 0 Å². The first-order valence-electron chi connectivity index (χ1n) is 6.61. The molecule has 1 aliphatic carbocycles. The molecule has 0 saturated carbocycles. The fourth-order valence-electron chi connectivity index (χ4n) is 2.42. The van der Waals surface area contributed by atoms with Crippen molar-refractivity contribution in [3.05, 3.63) is 47.4 Å². The van der Waals surface area contributed by atoms with Crippen LogP contribution in [0, 0.1) is 0 Å². The highest BCUT2D eigenvalue weighted by atomic mass is 32.2. The van der Waals surface area contributed by atoms with Gasteiger partial charge in [0.15, 0.2) is 0 Å². The molecule has 0 spiro atoms. The van der Waals surface area contributed by atoms with Crippen molar-refractivity contribution in [2.45, 2.75) is 29.9 Å². The third-order valence-electron chi connectivity index (χ3n) is 3.33. The Hall–Kier alpha value is -1.55. The molecule has 1 aliphatic rings. The zero-order valence-electron chi connectivity index (χ0n) is 11.0. The summed E-state index contributed by atoms with van der Waals surface area (Å²) in [5, 5.41) is 3.21. The lowest BCUT2D eigenvalue weighted by Gasteiger charge is -2.09. The number of thioether (sulfide) groups is 1. The van der Waals surface area contributed by atoms with Crippen LogP contribution in [0.4, 0.5) is 5.82 Å². The van der Waals surface area contributed by atoms with Crippen LogP contribution in [0.25, 0.3) is 0 Å². The number of hydrogen-bond acceptors (Lipinski definition) is 4. The van der Waals surface area contributed by atoms with Crippen LogP contribution in [0.15, 0.2) is 35.2 Å². The molecule has 0 fully saturated rings. The predicted octanol–water partition coefficient (Wildman–Crippen LogP) is 3.30. The van der Waals surface area contributed by atoms with Crippen LogP contribution >= 0.6 is 11.8 Å². The lowest BCUT2D eigenvalue weighted by atomic mass is 10.2. The molecule has 1 heterocycles. The highest BCUT2D eigenvalue weighted by Gasteiger charge is 2.18. The lowest BCUT2D eigenvalue weighted by Crippen LogP contribution is -2.05. The highest BCUT2D eigenvalue weighted by Crippen LogP contribution is 2.28. The molecular weight excluding hydrogens is 254 g/mol. The number of anilines is 1. The predicted molar refractivity (Wildman–Crippen MR) is 79.6 cm³/mol. The lowest BCUT2D eigenvalue weighted by molar-refractivity contribution is 0.893. The van der Waals surface area contributed by atoms with Crippen molar-refractivity contribution in [2.75, 3.05) is 12.4 Å². The molecule has 0 aliphatic heterocycles. The van der Waals surface area contributed by atoms with Gasteiger partial charge in [-0.2, -0.15) is 0 Å². The van der Waals surface area contributed by atoms with Crippen LogP contribution < -0.4 is 5.32 Å². The summed E-state index contributed by atoms with van der Waals surface area (Å²) in [5.74, 6) is 2.77. The van der Waals surface area contributed by atoms with Crippen LogP contribution in [0.3, 0.4) is 0 Å². The van der Waals surface area contributed by atoms with Gasteiger partial charge in [-0.1, -0.05) is 18.2 Å². The summed E-state index contributed by atoms with van der Waals surface area (Å²) in [6.07, 6.45) is 3.40. The molecule has 0 saturated heterocycles. The first-order valence-corrected chi connectivity index (χ1v) is 7.59. The first-order chi connectivity index (χ1) is 9.36. The Kier molecular flexibility index (Phi) is 3.69. The summed E-state index contributed by atoms with van der Waals surface area (Å²) in [4.78, 5) is 10.6. The van der Waals surface area contributed by atoms with Gasteiger partial charge in [0.1, 0.15) is 11.6 Å². The highest BCUT2D eigenvalue weighted by molar-refractivity contribution is 7.98. The van der Waals surface area contributed by atoms with Crippen molar-refractivity contribution >= 4 is 17.6 Å². The molecule has 3 rings (SSSR count). The first kappa shape index (κ1) is 12.5. The van der Waals surface area contributed by atoms with Gasteiger partial charge in [-0.3, -0.25) is 0 Å².